The third-order valence-electron chi connectivity index (χ3n) is 3.09. The molecule has 0 radical (unpaired) electrons. The van der Waals surface area contributed by atoms with Crippen LogP contribution in [0.5, 0.6) is 5.75 Å². The summed E-state index contributed by atoms with van der Waals surface area (Å²) in [6.45, 7) is 0. The predicted octanol–water partition coefficient (Wildman–Crippen LogP) is 3.12. The molecule has 0 aliphatic carbocycles. The van der Waals surface area contributed by atoms with Crippen LogP contribution in [0.3, 0.4) is 0 Å². The summed E-state index contributed by atoms with van der Waals surface area (Å²) in [5.74, 6) is 0.524. The second-order valence-corrected chi connectivity index (χ2v) is 5.47. The van der Waals surface area contributed by atoms with Crippen LogP contribution in [0.15, 0.2) is 54.2 Å². The average molecular weight is 313 g/mol. The number of thiazole rings is 1. The first-order chi connectivity index (χ1) is 10.8. The summed E-state index contributed by atoms with van der Waals surface area (Å²) in [5, 5.41) is 5.60. The molecule has 3 aromatic rings. The maximum Gasteiger partial charge on any atom is 0.230 e. The van der Waals surface area contributed by atoms with E-state index in [4.69, 9.17) is 4.74 Å². The van der Waals surface area contributed by atoms with Crippen molar-refractivity contribution in [1.29, 1.82) is 0 Å². The minimum atomic E-state index is -0.117. The van der Waals surface area contributed by atoms with Crippen molar-refractivity contribution >= 4 is 22.9 Å². The molecule has 1 aromatic carbocycles. The summed E-state index contributed by atoms with van der Waals surface area (Å²) in [6, 6.07) is 11.2. The highest BCUT2D eigenvalue weighted by Crippen LogP contribution is 2.23. The van der Waals surface area contributed by atoms with Crippen molar-refractivity contribution in [2.75, 3.05) is 12.4 Å². The van der Waals surface area contributed by atoms with Crippen molar-refractivity contribution in [2.24, 2.45) is 0 Å². The van der Waals surface area contributed by atoms with Crippen molar-refractivity contribution in [1.82, 2.24) is 9.55 Å². The van der Waals surface area contributed by atoms with Crippen molar-refractivity contribution in [3.63, 3.8) is 0 Å². The third-order valence-corrected chi connectivity index (χ3v) is 3.99. The summed E-state index contributed by atoms with van der Waals surface area (Å²) < 4.78 is 7.14. The summed E-state index contributed by atoms with van der Waals surface area (Å²) in [4.78, 5) is 16.6. The molecule has 0 aliphatic heterocycles. The van der Waals surface area contributed by atoms with Gasteiger partial charge < -0.3 is 14.6 Å². The van der Waals surface area contributed by atoms with E-state index >= 15 is 0 Å². The number of ether oxygens (including phenoxy) is 1. The topological polar surface area (TPSA) is 56.1 Å². The lowest BCUT2D eigenvalue weighted by Crippen LogP contribution is -2.15. The van der Waals surface area contributed by atoms with E-state index in [1.54, 1.807) is 7.11 Å². The summed E-state index contributed by atoms with van der Waals surface area (Å²) >= 11 is 1.51. The van der Waals surface area contributed by atoms with Crippen LogP contribution >= 0.6 is 11.3 Å². The maximum absolute atomic E-state index is 12.1. The molecule has 1 amide bonds. The Morgan fingerprint density at radius 2 is 2.05 bits per heavy atom. The lowest BCUT2D eigenvalue weighted by Gasteiger charge is -2.08. The number of carbonyl (C=O) groups excluding carboxylic acids is 1. The molecule has 112 valence electrons. The monoisotopic (exact) mass is 313 g/mol. The van der Waals surface area contributed by atoms with Crippen LogP contribution in [-0.2, 0) is 11.2 Å². The number of para-hydroxylation sites is 2. The number of nitrogens with zero attached hydrogens (tertiary/aromatic N) is 2. The fraction of sp³-hybridized carbons (Fsp3) is 0.125. The zero-order valence-electron chi connectivity index (χ0n) is 12.0. The minimum absolute atomic E-state index is 0.117. The van der Waals surface area contributed by atoms with Gasteiger partial charge >= 0.3 is 0 Å². The van der Waals surface area contributed by atoms with Gasteiger partial charge in [-0.2, -0.15) is 0 Å². The number of amides is 1. The highest BCUT2D eigenvalue weighted by Gasteiger charge is 2.10. The third kappa shape index (κ3) is 3.17. The van der Waals surface area contributed by atoms with E-state index in [9.17, 15) is 4.79 Å². The molecule has 0 aliphatic rings. The van der Waals surface area contributed by atoms with Crippen molar-refractivity contribution in [3.8, 4) is 10.9 Å². The molecule has 0 saturated carbocycles. The molecule has 0 atom stereocenters. The van der Waals surface area contributed by atoms with Gasteiger partial charge in [-0.25, -0.2) is 4.98 Å². The number of carbonyl (C=O) groups is 1. The summed E-state index contributed by atoms with van der Waals surface area (Å²) in [7, 11) is 1.58. The molecule has 5 nitrogen and oxygen atoms in total. The van der Waals surface area contributed by atoms with Crippen LogP contribution in [0, 0.1) is 0 Å². The fourth-order valence-electron chi connectivity index (χ4n) is 2.06. The number of hydrogen-bond donors (Lipinski definition) is 1. The zero-order valence-corrected chi connectivity index (χ0v) is 12.8. The smallest absolute Gasteiger partial charge is 0.230 e. The SMILES string of the molecule is COc1ccccc1NC(=O)Cc1csc(-n2cccc2)n1. The standard InChI is InChI=1S/C16H15N3O2S/c1-21-14-7-3-2-6-13(14)18-15(20)10-12-11-22-16(17-12)19-8-4-5-9-19/h2-9,11H,10H2,1H3,(H,18,20). The largest absolute Gasteiger partial charge is 0.495 e. The van der Waals surface area contributed by atoms with Crippen molar-refractivity contribution in [2.45, 2.75) is 6.42 Å². The first-order valence-corrected chi connectivity index (χ1v) is 7.65. The van der Waals surface area contributed by atoms with Gasteiger partial charge in [-0.05, 0) is 24.3 Å². The fourth-order valence-corrected chi connectivity index (χ4v) is 2.86. The van der Waals surface area contributed by atoms with Gasteiger partial charge in [0.15, 0.2) is 5.13 Å². The normalized spacial score (nSPS) is 10.4. The van der Waals surface area contributed by atoms with E-state index in [1.807, 2.05) is 58.7 Å². The minimum Gasteiger partial charge on any atom is -0.495 e. The van der Waals surface area contributed by atoms with Gasteiger partial charge in [0.25, 0.3) is 0 Å². The number of rotatable bonds is 5. The average Bonchev–Trinajstić information content (AvgIpc) is 3.18. The molecule has 1 N–H and O–H groups in total. The molecule has 2 heterocycles. The van der Waals surface area contributed by atoms with E-state index in [-0.39, 0.29) is 12.3 Å². The molecular formula is C16H15N3O2S. The van der Waals surface area contributed by atoms with E-state index in [0.717, 1.165) is 10.8 Å². The molecule has 0 fully saturated rings. The highest BCUT2D eigenvalue weighted by atomic mass is 32.1. The molecule has 0 saturated heterocycles. The van der Waals surface area contributed by atoms with Crippen molar-refractivity contribution < 1.29 is 9.53 Å². The molecule has 6 heteroatoms. The Balaban J connectivity index is 1.67. The van der Waals surface area contributed by atoms with E-state index < -0.39 is 0 Å². The van der Waals surface area contributed by atoms with Crippen LogP contribution in [0.25, 0.3) is 5.13 Å². The van der Waals surface area contributed by atoms with Crippen LogP contribution in [-0.4, -0.2) is 22.6 Å². The maximum atomic E-state index is 12.1. The molecular weight excluding hydrogens is 298 g/mol. The molecule has 3 rings (SSSR count). The van der Waals surface area contributed by atoms with Gasteiger partial charge in [0, 0.05) is 17.8 Å². The Hall–Kier alpha value is -2.60. The number of hydrogen-bond acceptors (Lipinski definition) is 4. The van der Waals surface area contributed by atoms with Crippen LogP contribution in [0.4, 0.5) is 5.69 Å². The molecule has 22 heavy (non-hydrogen) atoms. The molecule has 0 bridgehead atoms. The lowest BCUT2D eigenvalue weighted by atomic mass is 10.2. The number of nitrogens with one attached hydrogen (secondary N) is 1. The molecule has 2 aromatic heterocycles. The van der Waals surface area contributed by atoms with E-state index in [2.05, 4.69) is 10.3 Å². The zero-order chi connectivity index (χ0) is 15.4. The van der Waals surface area contributed by atoms with Crippen molar-refractivity contribution in [3.05, 3.63) is 59.9 Å². The Morgan fingerprint density at radius 3 is 2.82 bits per heavy atom. The second kappa shape index (κ2) is 6.44. The Labute approximate surface area is 132 Å². The predicted molar refractivity (Wildman–Crippen MR) is 86.8 cm³/mol. The molecule has 0 spiro atoms. The Kier molecular flexibility index (Phi) is 4.20. The van der Waals surface area contributed by atoms with E-state index in [0.29, 0.717) is 11.4 Å². The summed E-state index contributed by atoms with van der Waals surface area (Å²) in [6.07, 6.45) is 4.09. The van der Waals surface area contributed by atoms with Gasteiger partial charge in [-0.1, -0.05) is 12.1 Å². The van der Waals surface area contributed by atoms with Crippen LogP contribution in [0.2, 0.25) is 0 Å². The first-order valence-electron chi connectivity index (χ1n) is 6.77. The van der Waals surface area contributed by atoms with Gasteiger partial charge in [-0.15, -0.1) is 11.3 Å². The Morgan fingerprint density at radius 1 is 1.27 bits per heavy atom. The lowest BCUT2D eigenvalue weighted by molar-refractivity contribution is -0.115. The Bertz CT molecular complexity index is 765. The quantitative estimate of drug-likeness (QED) is 0.787. The van der Waals surface area contributed by atoms with Gasteiger partial charge in [0.05, 0.1) is 24.9 Å². The number of methoxy groups -OCH3 is 1. The number of aromatic nitrogens is 2. The van der Waals surface area contributed by atoms with Gasteiger partial charge in [0.1, 0.15) is 5.75 Å². The summed E-state index contributed by atoms with van der Waals surface area (Å²) in [5.41, 5.74) is 1.41. The van der Waals surface area contributed by atoms with E-state index in [1.165, 1.54) is 11.3 Å². The highest BCUT2D eigenvalue weighted by molar-refractivity contribution is 7.12. The number of benzene rings is 1. The van der Waals surface area contributed by atoms with Crippen LogP contribution < -0.4 is 10.1 Å². The second-order valence-electron chi connectivity index (χ2n) is 4.64. The van der Waals surface area contributed by atoms with Gasteiger partial charge in [-0.3, -0.25) is 4.79 Å². The van der Waals surface area contributed by atoms with Crippen LogP contribution in [0.1, 0.15) is 5.69 Å². The van der Waals surface area contributed by atoms with Gasteiger partial charge in [0.2, 0.25) is 5.91 Å². The first kappa shape index (κ1) is 14.3. The number of anilines is 1. The molecule has 0 unspecified atom stereocenters.